The van der Waals surface area contributed by atoms with E-state index in [0.29, 0.717) is 43.9 Å². The molecule has 2 aromatic carbocycles. The van der Waals surface area contributed by atoms with E-state index in [2.05, 4.69) is 4.72 Å². The highest BCUT2D eigenvalue weighted by molar-refractivity contribution is 7.89. The van der Waals surface area contributed by atoms with Crippen molar-refractivity contribution in [2.24, 2.45) is 5.92 Å². The van der Waals surface area contributed by atoms with Crippen LogP contribution in [-0.2, 0) is 10.0 Å². The summed E-state index contributed by atoms with van der Waals surface area (Å²) < 4.78 is 52.4. The van der Waals surface area contributed by atoms with Gasteiger partial charge in [-0.3, -0.25) is 4.79 Å². The maximum atomic E-state index is 14.0. The summed E-state index contributed by atoms with van der Waals surface area (Å²) in [4.78, 5) is 14.3. The van der Waals surface area contributed by atoms with Crippen LogP contribution in [0, 0.1) is 11.7 Å². The highest BCUT2D eigenvalue weighted by Crippen LogP contribution is 2.24. The van der Waals surface area contributed by atoms with Gasteiger partial charge in [-0.25, -0.2) is 17.5 Å². The lowest BCUT2D eigenvalue weighted by Crippen LogP contribution is -2.41. The zero-order chi connectivity index (χ0) is 22.7. The smallest absolute Gasteiger partial charge is 0.289 e. The number of nitrogens with zero attached hydrogens (tertiary/aromatic N) is 1. The van der Waals surface area contributed by atoms with Gasteiger partial charge in [0.15, 0.2) is 17.3 Å². The van der Waals surface area contributed by atoms with Crippen LogP contribution in [0.2, 0.25) is 0 Å². The number of fused-ring (bicyclic) bond motifs is 1. The molecule has 32 heavy (non-hydrogen) atoms. The number of likely N-dealkylation sites (tertiary alicyclic amines) is 1. The van der Waals surface area contributed by atoms with Crippen LogP contribution in [-0.4, -0.2) is 45.5 Å². The summed E-state index contributed by atoms with van der Waals surface area (Å²) in [6.45, 7) is 3.27. The molecule has 9 heteroatoms. The SMILES string of the molecule is CCOc1ccc(S(=O)(=O)NCC2CCN(C(=O)c3cc4ccccc4o3)CC2)cc1F. The number of halogens is 1. The summed E-state index contributed by atoms with van der Waals surface area (Å²) in [6, 6.07) is 12.8. The van der Waals surface area contributed by atoms with E-state index >= 15 is 0 Å². The first kappa shape index (κ1) is 22.3. The number of carbonyl (C=O) groups is 1. The zero-order valence-corrected chi connectivity index (χ0v) is 18.5. The largest absolute Gasteiger partial charge is 0.491 e. The topological polar surface area (TPSA) is 88.9 Å². The second-order valence-corrected chi connectivity index (χ2v) is 9.53. The average molecular weight is 461 g/mol. The summed E-state index contributed by atoms with van der Waals surface area (Å²) >= 11 is 0. The zero-order valence-electron chi connectivity index (χ0n) is 17.7. The molecule has 2 heterocycles. The summed E-state index contributed by atoms with van der Waals surface area (Å²) in [6.07, 6.45) is 1.32. The molecule has 0 unspecified atom stereocenters. The van der Waals surface area contributed by atoms with Gasteiger partial charge < -0.3 is 14.1 Å². The van der Waals surface area contributed by atoms with Crippen LogP contribution in [0.3, 0.4) is 0 Å². The van der Waals surface area contributed by atoms with Gasteiger partial charge in [-0.15, -0.1) is 0 Å². The molecule has 1 aliphatic heterocycles. The molecular formula is C23H25FN2O5S. The quantitative estimate of drug-likeness (QED) is 0.579. The number of para-hydroxylation sites is 1. The molecule has 7 nitrogen and oxygen atoms in total. The first-order valence-corrected chi connectivity index (χ1v) is 12.1. The minimum absolute atomic E-state index is 0.0212. The fourth-order valence-electron chi connectivity index (χ4n) is 3.82. The molecule has 170 valence electrons. The third kappa shape index (κ3) is 4.78. The summed E-state index contributed by atoms with van der Waals surface area (Å²) in [5.74, 6) is -0.468. The van der Waals surface area contributed by atoms with Gasteiger partial charge in [0.2, 0.25) is 10.0 Å². The maximum absolute atomic E-state index is 14.0. The van der Waals surface area contributed by atoms with Gasteiger partial charge in [0.25, 0.3) is 5.91 Å². The summed E-state index contributed by atoms with van der Waals surface area (Å²) in [5, 5.41) is 0.880. The van der Waals surface area contributed by atoms with Crippen LogP contribution in [0.15, 0.2) is 57.8 Å². The molecule has 1 saturated heterocycles. The lowest BCUT2D eigenvalue weighted by molar-refractivity contribution is 0.0662. The highest BCUT2D eigenvalue weighted by Gasteiger charge is 2.27. The van der Waals surface area contributed by atoms with Crippen LogP contribution >= 0.6 is 0 Å². The predicted octanol–water partition coefficient (Wildman–Crippen LogP) is 3.80. The number of rotatable bonds is 7. The van der Waals surface area contributed by atoms with Gasteiger partial charge in [0.05, 0.1) is 11.5 Å². The Morgan fingerprint density at radius 1 is 1.19 bits per heavy atom. The number of nitrogens with one attached hydrogen (secondary N) is 1. The molecule has 1 fully saturated rings. The third-order valence-electron chi connectivity index (χ3n) is 5.61. The molecule has 1 aliphatic rings. The Labute approximate surface area is 186 Å². The van der Waals surface area contributed by atoms with Crippen LogP contribution in [0.25, 0.3) is 11.0 Å². The molecular weight excluding hydrogens is 435 g/mol. The lowest BCUT2D eigenvalue weighted by Gasteiger charge is -2.31. The molecule has 0 saturated carbocycles. The van der Waals surface area contributed by atoms with Crippen LogP contribution in [0.1, 0.15) is 30.3 Å². The van der Waals surface area contributed by atoms with Crippen molar-refractivity contribution in [2.45, 2.75) is 24.7 Å². The minimum Gasteiger partial charge on any atom is -0.491 e. The Morgan fingerprint density at radius 2 is 1.94 bits per heavy atom. The second-order valence-electron chi connectivity index (χ2n) is 7.76. The minimum atomic E-state index is -3.84. The van der Waals surface area contributed by atoms with Crippen molar-refractivity contribution in [1.29, 1.82) is 0 Å². The Morgan fingerprint density at radius 3 is 2.62 bits per heavy atom. The Hall–Kier alpha value is -2.91. The number of carbonyl (C=O) groups excluding carboxylic acids is 1. The summed E-state index contributed by atoms with van der Waals surface area (Å²) in [5.41, 5.74) is 0.672. The standard InChI is InChI=1S/C23H25FN2O5S/c1-2-30-21-8-7-18(14-19(21)24)32(28,29)25-15-16-9-11-26(12-10-16)23(27)22-13-17-5-3-4-6-20(17)31-22/h3-8,13-14,16,25H,2,9-12,15H2,1H3. The Balaban J connectivity index is 1.32. The molecule has 1 amide bonds. The van der Waals surface area contributed by atoms with Gasteiger partial charge in [-0.2, -0.15) is 0 Å². The maximum Gasteiger partial charge on any atom is 0.289 e. The van der Waals surface area contributed by atoms with E-state index in [1.165, 1.54) is 12.1 Å². The van der Waals surface area contributed by atoms with Crippen LogP contribution < -0.4 is 9.46 Å². The third-order valence-corrected chi connectivity index (χ3v) is 7.03. The van der Waals surface area contributed by atoms with E-state index in [-0.39, 0.29) is 29.0 Å². The van der Waals surface area contributed by atoms with Crippen molar-refractivity contribution >= 4 is 26.9 Å². The number of amides is 1. The van der Waals surface area contributed by atoms with E-state index in [1.807, 2.05) is 24.3 Å². The van der Waals surface area contributed by atoms with E-state index < -0.39 is 15.8 Å². The first-order valence-electron chi connectivity index (χ1n) is 10.6. The van der Waals surface area contributed by atoms with E-state index in [4.69, 9.17) is 9.15 Å². The number of benzene rings is 2. The van der Waals surface area contributed by atoms with Crippen molar-refractivity contribution in [3.63, 3.8) is 0 Å². The number of piperidine rings is 1. The molecule has 0 aliphatic carbocycles. The highest BCUT2D eigenvalue weighted by atomic mass is 32.2. The molecule has 0 atom stereocenters. The number of ether oxygens (including phenoxy) is 1. The molecule has 1 aromatic heterocycles. The van der Waals surface area contributed by atoms with Crippen molar-refractivity contribution < 1.29 is 26.8 Å². The monoisotopic (exact) mass is 460 g/mol. The van der Waals surface area contributed by atoms with Gasteiger partial charge >= 0.3 is 0 Å². The summed E-state index contributed by atoms with van der Waals surface area (Å²) in [7, 11) is -3.84. The van der Waals surface area contributed by atoms with Crippen molar-refractivity contribution in [3.8, 4) is 5.75 Å². The molecule has 3 aromatic rings. The fourth-order valence-corrected chi connectivity index (χ4v) is 4.94. The van der Waals surface area contributed by atoms with Crippen LogP contribution in [0.4, 0.5) is 4.39 Å². The van der Waals surface area contributed by atoms with E-state index in [1.54, 1.807) is 17.9 Å². The normalized spacial score (nSPS) is 15.2. The van der Waals surface area contributed by atoms with Crippen molar-refractivity contribution in [1.82, 2.24) is 9.62 Å². The molecule has 4 rings (SSSR count). The molecule has 1 N–H and O–H groups in total. The number of furan rings is 1. The Bertz CT molecular complexity index is 1180. The average Bonchev–Trinajstić information content (AvgIpc) is 3.23. The Kier molecular flexibility index (Phi) is 6.48. The van der Waals surface area contributed by atoms with Gasteiger partial charge in [-0.05, 0) is 56.0 Å². The molecule has 0 radical (unpaired) electrons. The van der Waals surface area contributed by atoms with Gasteiger partial charge in [-0.1, -0.05) is 18.2 Å². The van der Waals surface area contributed by atoms with Gasteiger partial charge in [0.1, 0.15) is 5.58 Å². The fraction of sp³-hybridized carbons (Fsp3) is 0.348. The second kappa shape index (κ2) is 9.30. The van der Waals surface area contributed by atoms with Crippen LogP contribution in [0.5, 0.6) is 5.75 Å². The van der Waals surface area contributed by atoms with Crippen molar-refractivity contribution in [3.05, 3.63) is 60.1 Å². The lowest BCUT2D eigenvalue weighted by atomic mass is 9.97. The molecule has 0 spiro atoms. The number of hydrogen-bond acceptors (Lipinski definition) is 5. The first-order chi connectivity index (χ1) is 15.4. The van der Waals surface area contributed by atoms with E-state index in [0.717, 1.165) is 11.5 Å². The molecule has 0 bridgehead atoms. The van der Waals surface area contributed by atoms with Gasteiger partial charge in [0, 0.05) is 25.0 Å². The number of hydrogen-bond donors (Lipinski definition) is 1. The van der Waals surface area contributed by atoms with Crippen molar-refractivity contribution in [2.75, 3.05) is 26.2 Å². The predicted molar refractivity (Wildman–Crippen MR) is 118 cm³/mol. The number of sulfonamides is 1. The van der Waals surface area contributed by atoms with E-state index in [9.17, 15) is 17.6 Å².